The minimum Gasteiger partial charge on any atom is -0.305 e. The molecule has 1 aromatic heterocycles. The molecule has 0 unspecified atom stereocenters. The van der Waals surface area contributed by atoms with Crippen molar-refractivity contribution in [2.45, 2.75) is 0 Å². The summed E-state index contributed by atoms with van der Waals surface area (Å²) in [6, 6.07) is 3.71. The lowest BCUT2D eigenvalue weighted by Crippen LogP contribution is -2.13. The van der Waals surface area contributed by atoms with Gasteiger partial charge in [-0.05, 0) is 34.1 Å². The van der Waals surface area contributed by atoms with Gasteiger partial charge in [0.1, 0.15) is 10.4 Å². The van der Waals surface area contributed by atoms with Gasteiger partial charge in [-0.25, -0.2) is 14.4 Å². The Morgan fingerprint density at radius 2 is 2.11 bits per heavy atom. The molecule has 7 heteroatoms. The van der Waals surface area contributed by atoms with Crippen LogP contribution >= 0.6 is 27.5 Å². The number of amides is 1. The lowest BCUT2D eigenvalue weighted by atomic mass is 10.2. The highest BCUT2D eigenvalue weighted by Gasteiger charge is 2.09. The summed E-state index contributed by atoms with van der Waals surface area (Å²) >= 11 is 8.72. The fraction of sp³-hybridized carbons (Fsp3) is 0. The lowest BCUT2D eigenvalue weighted by Gasteiger charge is -2.04. The molecule has 1 N–H and O–H groups in total. The molecule has 2 aromatic rings. The number of anilines is 1. The molecule has 0 saturated heterocycles. The Labute approximate surface area is 115 Å². The van der Waals surface area contributed by atoms with E-state index in [2.05, 4.69) is 31.2 Å². The zero-order chi connectivity index (χ0) is 13.1. The van der Waals surface area contributed by atoms with Crippen molar-refractivity contribution in [2.24, 2.45) is 0 Å². The van der Waals surface area contributed by atoms with Crippen LogP contribution < -0.4 is 5.32 Å². The zero-order valence-electron chi connectivity index (χ0n) is 8.82. The quantitative estimate of drug-likeness (QED) is 0.919. The van der Waals surface area contributed by atoms with E-state index >= 15 is 0 Å². The van der Waals surface area contributed by atoms with Gasteiger partial charge in [-0.15, -0.1) is 0 Å². The number of benzene rings is 1. The van der Waals surface area contributed by atoms with Gasteiger partial charge in [0.05, 0.1) is 17.4 Å². The second kappa shape index (κ2) is 5.41. The first kappa shape index (κ1) is 12.9. The average molecular weight is 331 g/mol. The monoisotopic (exact) mass is 329 g/mol. The minimum absolute atomic E-state index is 0.107. The van der Waals surface area contributed by atoms with Crippen LogP contribution in [0, 0.1) is 5.82 Å². The second-order valence-electron chi connectivity index (χ2n) is 3.31. The van der Waals surface area contributed by atoms with E-state index < -0.39 is 11.7 Å². The molecule has 4 nitrogen and oxygen atoms in total. The summed E-state index contributed by atoms with van der Waals surface area (Å²) in [5.74, 6) is -0.714. The summed E-state index contributed by atoms with van der Waals surface area (Å²) < 4.78 is 13.5. The number of aromatic nitrogens is 2. The largest absolute Gasteiger partial charge is 0.305 e. The van der Waals surface area contributed by atoms with E-state index in [1.54, 1.807) is 0 Å². The number of rotatable bonds is 2. The van der Waals surface area contributed by atoms with E-state index in [-0.39, 0.29) is 10.6 Å². The SMILES string of the molecule is O=C(Nc1cnc(Br)cn1)c1ccc(F)c(Cl)c1. The number of halogens is 3. The lowest BCUT2D eigenvalue weighted by molar-refractivity contribution is 0.102. The molecule has 0 aliphatic carbocycles. The van der Waals surface area contributed by atoms with Crippen molar-refractivity contribution in [3.63, 3.8) is 0 Å². The van der Waals surface area contributed by atoms with E-state index in [1.165, 1.54) is 24.5 Å². The molecule has 1 amide bonds. The van der Waals surface area contributed by atoms with Gasteiger partial charge in [-0.2, -0.15) is 0 Å². The fourth-order valence-corrected chi connectivity index (χ4v) is 1.59. The summed E-state index contributed by atoms with van der Waals surface area (Å²) in [5, 5.41) is 2.41. The Bertz CT molecular complexity index is 591. The average Bonchev–Trinajstić information content (AvgIpc) is 2.35. The van der Waals surface area contributed by atoms with Gasteiger partial charge in [0.25, 0.3) is 5.91 Å². The van der Waals surface area contributed by atoms with Crippen LogP contribution in [0.25, 0.3) is 0 Å². The summed E-state index contributed by atoms with van der Waals surface area (Å²) in [4.78, 5) is 19.6. The highest BCUT2D eigenvalue weighted by molar-refractivity contribution is 9.10. The van der Waals surface area contributed by atoms with Gasteiger partial charge in [0, 0.05) is 5.56 Å². The van der Waals surface area contributed by atoms with Crippen molar-refractivity contribution in [1.82, 2.24) is 9.97 Å². The van der Waals surface area contributed by atoms with Gasteiger partial charge in [-0.3, -0.25) is 4.79 Å². The second-order valence-corrected chi connectivity index (χ2v) is 4.53. The van der Waals surface area contributed by atoms with Crippen LogP contribution in [0.4, 0.5) is 10.2 Å². The normalized spacial score (nSPS) is 10.2. The topological polar surface area (TPSA) is 54.9 Å². The molecule has 0 fully saturated rings. The molecule has 0 aliphatic heterocycles. The van der Waals surface area contributed by atoms with Crippen LogP contribution in [-0.4, -0.2) is 15.9 Å². The van der Waals surface area contributed by atoms with Gasteiger partial charge < -0.3 is 5.32 Å². The van der Waals surface area contributed by atoms with Gasteiger partial charge in [-0.1, -0.05) is 11.6 Å². The Balaban J connectivity index is 2.16. The minimum atomic E-state index is -0.573. The fourth-order valence-electron chi connectivity index (χ4n) is 1.20. The number of carbonyl (C=O) groups excluding carboxylic acids is 1. The Morgan fingerprint density at radius 3 is 2.72 bits per heavy atom. The molecule has 0 saturated carbocycles. The molecule has 18 heavy (non-hydrogen) atoms. The van der Waals surface area contributed by atoms with Crippen LogP contribution in [0.1, 0.15) is 10.4 Å². The van der Waals surface area contributed by atoms with Crippen LogP contribution in [0.2, 0.25) is 5.02 Å². The van der Waals surface area contributed by atoms with Crippen molar-refractivity contribution in [2.75, 3.05) is 5.32 Å². The third-order valence-electron chi connectivity index (χ3n) is 2.04. The smallest absolute Gasteiger partial charge is 0.256 e. The highest BCUT2D eigenvalue weighted by Crippen LogP contribution is 2.17. The zero-order valence-corrected chi connectivity index (χ0v) is 11.2. The third kappa shape index (κ3) is 3.02. The summed E-state index contributed by atoms with van der Waals surface area (Å²) in [6.07, 6.45) is 2.85. The van der Waals surface area contributed by atoms with Gasteiger partial charge in [0.15, 0.2) is 5.82 Å². The molecule has 0 radical (unpaired) electrons. The molecular weight excluding hydrogens is 324 g/mol. The number of hydrogen-bond donors (Lipinski definition) is 1. The Kier molecular flexibility index (Phi) is 3.88. The molecule has 2 rings (SSSR count). The summed E-state index contributed by atoms with van der Waals surface area (Å²) in [6.45, 7) is 0. The molecule has 0 bridgehead atoms. The summed E-state index contributed by atoms with van der Waals surface area (Å²) in [7, 11) is 0. The maximum absolute atomic E-state index is 12.9. The first-order valence-electron chi connectivity index (χ1n) is 4.80. The number of nitrogens with zero attached hydrogens (tertiary/aromatic N) is 2. The molecule has 0 atom stereocenters. The van der Waals surface area contributed by atoms with Gasteiger partial charge >= 0.3 is 0 Å². The van der Waals surface area contributed by atoms with E-state index in [0.717, 1.165) is 6.07 Å². The maximum atomic E-state index is 12.9. The molecule has 0 spiro atoms. The number of carbonyl (C=O) groups is 1. The van der Waals surface area contributed by atoms with Crippen LogP contribution in [0.5, 0.6) is 0 Å². The van der Waals surface area contributed by atoms with E-state index in [4.69, 9.17) is 11.6 Å². The predicted octanol–water partition coefficient (Wildman–Crippen LogP) is 3.28. The predicted molar refractivity (Wildman–Crippen MR) is 69.1 cm³/mol. The van der Waals surface area contributed by atoms with Gasteiger partial charge in [0.2, 0.25) is 0 Å². The summed E-state index contributed by atoms with van der Waals surface area (Å²) in [5.41, 5.74) is 0.242. The highest BCUT2D eigenvalue weighted by atomic mass is 79.9. The molecule has 0 aliphatic rings. The van der Waals surface area contributed by atoms with Crippen LogP contribution in [-0.2, 0) is 0 Å². The third-order valence-corrected chi connectivity index (χ3v) is 2.74. The standard InChI is InChI=1S/C11H6BrClFN3O/c12-9-4-16-10(5-15-9)17-11(18)6-1-2-8(14)7(13)3-6/h1-5H,(H,16,17,18). The maximum Gasteiger partial charge on any atom is 0.256 e. The molecule has 1 heterocycles. The van der Waals surface area contributed by atoms with E-state index in [9.17, 15) is 9.18 Å². The number of nitrogens with one attached hydrogen (secondary N) is 1. The van der Waals surface area contributed by atoms with Crippen molar-refractivity contribution < 1.29 is 9.18 Å². The van der Waals surface area contributed by atoms with Crippen LogP contribution in [0.3, 0.4) is 0 Å². The molecule has 1 aromatic carbocycles. The van der Waals surface area contributed by atoms with Crippen molar-refractivity contribution in [3.8, 4) is 0 Å². The first-order chi connectivity index (χ1) is 8.56. The molecule has 92 valence electrons. The van der Waals surface area contributed by atoms with Crippen molar-refractivity contribution in [3.05, 3.63) is 51.6 Å². The van der Waals surface area contributed by atoms with Crippen molar-refractivity contribution in [1.29, 1.82) is 0 Å². The van der Waals surface area contributed by atoms with Crippen LogP contribution in [0.15, 0.2) is 35.2 Å². The molecular formula is C11H6BrClFN3O. The Morgan fingerprint density at radius 1 is 1.33 bits per heavy atom. The first-order valence-corrected chi connectivity index (χ1v) is 5.97. The number of hydrogen-bond acceptors (Lipinski definition) is 3. The van der Waals surface area contributed by atoms with E-state index in [1.807, 2.05) is 0 Å². The van der Waals surface area contributed by atoms with Crippen molar-refractivity contribution >= 4 is 39.3 Å². The Hall–Kier alpha value is -1.53. The van der Waals surface area contributed by atoms with E-state index in [0.29, 0.717) is 10.4 Å².